The Morgan fingerprint density at radius 3 is 2.33 bits per heavy atom. The van der Waals surface area contributed by atoms with Gasteiger partial charge in [0.05, 0.1) is 0 Å². The van der Waals surface area contributed by atoms with Gasteiger partial charge in [-0.3, -0.25) is 0 Å². The van der Waals surface area contributed by atoms with Crippen molar-refractivity contribution in [3.63, 3.8) is 0 Å². The minimum Gasteiger partial charge on any atom is -0.335 e. The lowest BCUT2D eigenvalue weighted by molar-refractivity contribution is 0.135. The Balaban J connectivity index is 1.53. The Kier molecular flexibility index (Phi) is 3.76. The fourth-order valence-corrected chi connectivity index (χ4v) is 3.86. The SMILES string of the molecule is O=C(NC1CCCCC1)N1CCCC1C1CCC1. The molecule has 0 aromatic heterocycles. The number of carbonyl (C=O) groups excluding carboxylic acids is 1. The van der Waals surface area contributed by atoms with Gasteiger partial charge in [-0.05, 0) is 44.4 Å². The zero-order valence-electron chi connectivity index (χ0n) is 11.4. The molecule has 0 aromatic rings. The molecule has 1 unspecified atom stereocenters. The normalized spacial score (nSPS) is 30.2. The van der Waals surface area contributed by atoms with E-state index in [9.17, 15) is 4.79 Å². The molecule has 0 bridgehead atoms. The molecule has 1 saturated heterocycles. The van der Waals surface area contributed by atoms with Crippen molar-refractivity contribution in [1.82, 2.24) is 10.2 Å². The predicted octanol–water partition coefficient (Wildman–Crippen LogP) is 3.29. The highest BCUT2D eigenvalue weighted by Gasteiger charge is 2.37. The van der Waals surface area contributed by atoms with Crippen LogP contribution < -0.4 is 5.32 Å². The van der Waals surface area contributed by atoms with Crippen molar-refractivity contribution in [1.29, 1.82) is 0 Å². The van der Waals surface area contributed by atoms with Crippen molar-refractivity contribution in [3.8, 4) is 0 Å². The van der Waals surface area contributed by atoms with Crippen LogP contribution in [0.3, 0.4) is 0 Å². The zero-order chi connectivity index (χ0) is 12.4. The molecule has 3 fully saturated rings. The number of hydrogen-bond acceptors (Lipinski definition) is 1. The van der Waals surface area contributed by atoms with Gasteiger partial charge in [0.25, 0.3) is 0 Å². The minimum atomic E-state index is 0.233. The lowest BCUT2D eigenvalue weighted by Gasteiger charge is -2.37. The predicted molar refractivity (Wildman–Crippen MR) is 72.5 cm³/mol. The summed E-state index contributed by atoms with van der Waals surface area (Å²) >= 11 is 0. The molecule has 102 valence electrons. The molecule has 3 rings (SSSR count). The maximum absolute atomic E-state index is 12.4. The van der Waals surface area contributed by atoms with Gasteiger partial charge in [-0.1, -0.05) is 25.7 Å². The summed E-state index contributed by atoms with van der Waals surface area (Å²) < 4.78 is 0. The van der Waals surface area contributed by atoms with Gasteiger partial charge in [0.15, 0.2) is 0 Å². The van der Waals surface area contributed by atoms with Crippen molar-refractivity contribution < 1.29 is 4.79 Å². The molecule has 1 aliphatic heterocycles. The van der Waals surface area contributed by atoms with E-state index >= 15 is 0 Å². The van der Waals surface area contributed by atoms with Crippen LogP contribution in [0.4, 0.5) is 4.79 Å². The van der Waals surface area contributed by atoms with E-state index in [1.807, 2.05) is 0 Å². The molecular weight excluding hydrogens is 224 g/mol. The van der Waals surface area contributed by atoms with Crippen molar-refractivity contribution in [2.45, 2.75) is 76.3 Å². The smallest absolute Gasteiger partial charge is 0.317 e. The van der Waals surface area contributed by atoms with Crippen LogP contribution >= 0.6 is 0 Å². The Morgan fingerprint density at radius 2 is 1.67 bits per heavy atom. The first kappa shape index (κ1) is 12.3. The number of hydrogen-bond donors (Lipinski definition) is 1. The topological polar surface area (TPSA) is 32.3 Å². The standard InChI is InChI=1S/C15H26N2O/c18-15(16-13-8-2-1-3-9-13)17-11-5-10-14(17)12-6-4-7-12/h12-14H,1-11H2,(H,16,18). The zero-order valence-corrected chi connectivity index (χ0v) is 11.4. The molecule has 3 nitrogen and oxygen atoms in total. The van der Waals surface area contributed by atoms with Gasteiger partial charge < -0.3 is 10.2 Å². The van der Waals surface area contributed by atoms with E-state index in [-0.39, 0.29) is 6.03 Å². The summed E-state index contributed by atoms with van der Waals surface area (Å²) in [5.74, 6) is 0.810. The fraction of sp³-hybridized carbons (Fsp3) is 0.933. The Morgan fingerprint density at radius 1 is 0.889 bits per heavy atom. The van der Waals surface area contributed by atoms with Crippen molar-refractivity contribution in [2.24, 2.45) is 5.92 Å². The molecule has 2 aliphatic carbocycles. The van der Waals surface area contributed by atoms with Gasteiger partial charge in [0, 0.05) is 18.6 Å². The Labute approximate surface area is 110 Å². The number of carbonyl (C=O) groups is 1. The fourth-order valence-electron chi connectivity index (χ4n) is 3.86. The number of nitrogens with one attached hydrogen (secondary N) is 1. The summed E-state index contributed by atoms with van der Waals surface area (Å²) in [6, 6.07) is 1.24. The van der Waals surface area contributed by atoms with Gasteiger partial charge in [-0.15, -0.1) is 0 Å². The number of amides is 2. The van der Waals surface area contributed by atoms with E-state index in [0.717, 1.165) is 12.5 Å². The summed E-state index contributed by atoms with van der Waals surface area (Å²) in [5, 5.41) is 3.28. The quantitative estimate of drug-likeness (QED) is 0.801. The van der Waals surface area contributed by atoms with Gasteiger partial charge >= 0.3 is 6.03 Å². The van der Waals surface area contributed by atoms with Gasteiger partial charge in [-0.25, -0.2) is 4.79 Å². The molecular formula is C15H26N2O. The lowest BCUT2D eigenvalue weighted by Crippen LogP contribution is -2.50. The van der Waals surface area contributed by atoms with Gasteiger partial charge in [0.2, 0.25) is 0 Å². The summed E-state index contributed by atoms with van der Waals surface area (Å²) in [6.07, 6.45) is 12.8. The molecule has 1 N–H and O–H groups in total. The molecule has 2 amide bonds. The van der Waals surface area contributed by atoms with Crippen LogP contribution in [0.5, 0.6) is 0 Å². The van der Waals surface area contributed by atoms with E-state index in [4.69, 9.17) is 0 Å². The van der Waals surface area contributed by atoms with Crippen molar-refractivity contribution in [3.05, 3.63) is 0 Å². The molecule has 1 atom stereocenters. The minimum absolute atomic E-state index is 0.233. The summed E-state index contributed by atoms with van der Waals surface area (Å²) in [4.78, 5) is 14.5. The van der Waals surface area contributed by atoms with E-state index < -0.39 is 0 Å². The van der Waals surface area contributed by atoms with E-state index in [1.165, 1.54) is 64.2 Å². The maximum Gasteiger partial charge on any atom is 0.317 e. The van der Waals surface area contributed by atoms with E-state index in [2.05, 4.69) is 10.2 Å². The highest BCUT2D eigenvalue weighted by molar-refractivity contribution is 5.75. The number of rotatable bonds is 2. The molecule has 3 heteroatoms. The summed E-state index contributed by atoms with van der Waals surface area (Å²) in [7, 11) is 0. The van der Waals surface area contributed by atoms with Crippen LogP contribution in [0, 0.1) is 5.92 Å². The average Bonchev–Trinajstić information content (AvgIpc) is 2.77. The number of urea groups is 1. The van der Waals surface area contributed by atoms with Crippen molar-refractivity contribution >= 4 is 6.03 Å². The molecule has 18 heavy (non-hydrogen) atoms. The van der Waals surface area contributed by atoms with Crippen LogP contribution in [-0.4, -0.2) is 29.6 Å². The van der Waals surface area contributed by atoms with E-state index in [1.54, 1.807) is 0 Å². The first-order chi connectivity index (χ1) is 8.84. The summed E-state index contributed by atoms with van der Waals surface area (Å²) in [6.45, 7) is 0.986. The largest absolute Gasteiger partial charge is 0.335 e. The first-order valence-corrected chi connectivity index (χ1v) is 7.92. The van der Waals surface area contributed by atoms with Crippen LogP contribution in [0.15, 0.2) is 0 Å². The lowest BCUT2D eigenvalue weighted by atomic mass is 9.79. The Bertz CT molecular complexity index is 295. The van der Waals surface area contributed by atoms with Gasteiger partial charge in [-0.2, -0.15) is 0 Å². The van der Waals surface area contributed by atoms with E-state index in [0.29, 0.717) is 12.1 Å². The highest BCUT2D eigenvalue weighted by atomic mass is 16.2. The molecule has 0 radical (unpaired) electrons. The van der Waals surface area contributed by atoms with Crippen LogP contribution in [0.1, 0.15) is 64.2 Å². The number of nitrogens with zero attached hydrogens (tertiary/aromatic N) is 1. The molecule has 2 saturated carbocycles. The number of likely N-dealkylation sites (tertiary alicyclic amines) is 1. The average molecular weight is 250 g/mol. The second kappa shape index (κ2) is 5.50. The Hall–Kier alpha value is -0.730. The van der Waals surface area contributed by atoms with Crippen LogP contribution in [-0.2, 0) is 0 Å². The van der Waals surface area contributed by atoms with Crippen LogP contribution in [0.2, 0.25) is 0 Å². The van der Waals surface area contributed by atoms with Crippen LogP contribution in [0.25, 0.3) is 0 Å². The highest BCUT2D eigenvalue weighted by Crippen LogP contribution is 2.37. The first-order valence-electron chi connectivity index (χ1n) is 7.92. The van der Waals surface area contributed by atoms with Gasteiger partial charge in [0.1, 0.15) is 0 Å². The summed E-state index contributed by atoms with van der Waals surface area (Å²) in [5.41, 5.74) is 0. The van der Waals surface area contributed by atoms with Crippen molar-refractivity contribution in [2.75, 3.05) is 6.54 Å². The monoisotopic (exact) mass is 250 g/mol. The molecule has 3 aliphatic rings. The maximum atomic E-state index is 12.4. The second-order valence-corrected chi connectivity index (χ2v) is 6.38. The third kappa shape index (κ3) is 2.50. The third-order valence-corrected chi connectivity index (χ3v) is 5.19. The molecule has 1 heterocycles. The second-order valence-electron chi connectivity index (χ2n) is 6.38. The third-order valence-electron chi connectivity index (χ3n) is 5.19. The molecule has 0 spiro atoms. The molecule has 0 aromatic carbocycles.